The van der Waals surface area contributed by atoms with Crippen molar-refractivity contribution in [3.63, 3.8) is 0 Å². The predicted molar refractivity (Wildman–Crippen MR) is 121 cm³/mol. The number of hydrogen-bond donors (Lipinski definition) is 1. The summed E-state index contributed by atoms with van der Waals surface area (Å²) in [6.07, 6.45) is 0. The van der Waals surface area contributed by atoms with Gasteiger partial charge in [0.15, 0.2) is 0 Å². The largest absolute Gasteiger partial charge is 0.457 e. The van der Waals surface area contributed by atoms with Crippen LogP contribution < -0.4 is 4.74 Å². The highest BCUT2D eigenvalue weighted by Gasteiger charge is 2.26. The van der Waals surface area contributed by atoms with E-state index in [0.29, 0.717) is 0 Å². The second-order valence-electron chi connectivity index (χ2n) is 6.42. The molecule has 0 aliphatic carbocycles. The fraction of sp³-hybridized carbons (Fsp3) is 0. The molecule has 0 unspecified atom stereocenters. The van der Waals surface area contributed by atoms with Gasteiger partial charge in [0.1, 0.15) is 11.5 Å². The second kappa shape index (κ2) is 7.06. The van der Waals surface area contributed by atoms with Crippen molar-refractivity contribution in [3.05, 3.63) is 101 Å². The molecule has 1 heterocycles. The lowest BCUT2D eigenvalue weighted by Crippen LogP contribution is -1.86. The Morgan fingerprint density at radius 1 is 0.556 bits per heavy atom. The number of hydrogen-bond acceptors (Lipinski definition) is 1. The van der Waals surface area contributed by atoms with Gasteiger partial charge in [-0.15, -0.1) is 0 Å². The number of benzene rings is 4. The van der Waals surface area contributed by atoms with Gasteiger partial charge in [0.05, 0.1) is 0 Å². The highest BCUT2D eigenvalue weighted by molar-refractivity contribution is 14.1. The Morgan fingerprint density at radius 2 is 1.04 bits per heavy atom. The fourth-order valence-corrected chi connectivity index (χ4v) is 6.47. The SMILES string of the molecule is Ic1ccc(Oc2ccc([SH]3c4ccccc4-c4ccccc43)cc2)cc1. The van der Waals surface area contributed by atoms with Gasteiger partial charge in [-0.3, -0.25) is 0 Å². The van der Waals surface area contributed by atoms with Crippen LogP contribution in [-0.4, -0.2) is 0 Å². The highest BCUT2D eigenvalue weighted by Crippen LogP contribution is 2.62. The van der Waals surface area contributed by atoms with E-state index < -0.39 is 10.9 Å². The average Bonchev–Trinajstić information content (AvgIpc) is 3.05. The minimum Gasteiger partial charge on any atom is -0.457 e. The zero-order chi connectivity index (χ0) is 18.2. The molecule has 0 bridgehead atoms. The van der Waals surface area contributed by atoms with E-state index in [0.717, 1.165) is 11.5 Å². The fourth-order valence-electron chi connectivity index (χ4n) is 3.50. The van der Waals surface area contributed by atoms with Crippen LogP contribution in [0.2, 0.25) is 0 Å². The third-order valence-corrected chi connectivity index (χ3v) is 8.00. The van der Waals surface area contributed by atoms with Crippen molar-refractivity contribution < 1.29 is 4.74 Å². The smallest absolute Gasteiger partial charge is 0.127 e. The molecule has 0 amide bonds. The lowest BCUT2D eigenvalue weighted by atomic mass is 10.1. The molecule has 1 nitrogen and oxygen atoms in total. The standard InChI is InChI=1S/C24H17IOS/c25-17-9-11-18(12-10-17)26-19-13-15-20(16-14-19)27-23-7-3-1-5-21(23)22-6-2-4-8-24(22)27/h1-16,27H. The van der Waals surface area contributed by atoms with Crippen LogP contribution in [-0.2, 0) is 0 Å². The van der Waals surface area contributed by atoms with Gasteiger partial charge in [-0.05, 0) is 99.3 Å². The highest BCUT2D eigenvalue weighted by atomic mass is 127. The molecular formula is C24H17IOS. The molecule has 0 saturated carbocycles. The summed E-state index contributed by atoms with van der Waals surface area (Å²) in [6, 6.07) is 34.3. The van der Waals surface area contributed by atoms with Gasteiger partial charge in [-0.1, -0.05) is 36.4 Å². The van der Waals surface area contributed by atoms with E-state index in [1.807, 2.05) is 12.1 Å². The Bertz CT molecular complexity index is 1060. The van der Waals surface area contributed by atoms with E-state index in [-0.39, 0.29) is 0 Å². The maximum atomic E-state index is 5.99. The molecule has 0 saturated heterocycles. The molecule has 5 rings (SSSR count). The van der Waals surface area contributed by atoms with Crippen molar-refractivity contribution in [2.45, 2.75) is 14.7 Å². The third-order valence-electron chi connectivity index (χ3n) is 4.72. The van der Waals surface area contributed by atoms with E-state index in [2.05, 4.69) is 108 Å². The summed E-state index contributed by atoms with van der Waals surface area (Å²) in [7, 11) is -0.504. The Hall–Kier alpha value is -2.24. The minimum atomic E-state index is -0.504. The summed E-state index contributed by atoms with van der Waals surface area (Å²) in [4.78, 5) is 4.25. The summed E-state index contributed by atoms with van der Waals surface area (Å²) in [5.74, 6) is 1.74. The van der Waals surface area contributed by atoms with Crippen molar-refractivity contribution >= 4 is 33.5 Å². The van der Waals surface area contributed by atoms with Crippen molar-refractivity contribution in [3.8, 4) is 22.6 Å². The van der Waals surface area contributed by atoms with Crippen LogP contribution >= 0.6 is 33.5 Å². The molecule has 1 aliphatic heterocycles. The van der Waals surface area contributed by atoms with Crippen LogP contribution in [0.25, 0.3) is 11.1 Å². The Morgan fingerprint density at radius 3 is 1.59 bits per heavy atom. The van der Waals surface area contributed by atoms with Gasteiger partial charge >= 0.3 is 0 Å². The summed E-state index contributed by atoms with van der Waals surface area (Å²) in [5.41, 5.74) is 2.75. The zero-order valence-corrected chi connectivity index (χ0v) is 17.5. The van der Waals surface area contributed by atoms with Crippen molar-refractivity contribution in [1.29, 1.82) is 0 Å². The molecule has 0 aromatic heterocycles. The van der Waals surface area contributed by atoms with Crippen LogP contribution in [0.15, 0.2) is 112 Å². The van der Waals surface area contributed by atoms with E-state index in [1.54, 1.807) is 0 Å². The predicted octanol–water partition coefficient (Wildman–Crippen LogP) is 7.54. The average molecular weight is 480 g/mol. The van der Waals surface area contributed by atoms with Gasteiger partial charge in [-0.2, -0.15) is 10.9 Å². The first-order valence-corrected chi connectivity index (χ1v) is 11.2. The van der Waals surface area contributed by atoms with E-state index in [4.69, 9.17) is 4.74 Å². The van der Waals surface area contributed by atoms with E-state index >= 15 is 0 Å². The van der Waals surface area contributed by atoms with Crippen molar-refractivity contribution in [2.75, 3.05) is 0 Å². The topological polar surface area (TPSA) is 9.23 Å². The van der Waals surface area contributed by atoms with Crippen LogP contribution in [0.4, 0.5) is 0 Å². The van der Waals surface area contributed by atoms with Crippen LogP contribution in [0.3, 0.4) is 0 Å². The van der Waals surface area contributed by atoms with Crippen LogP contribution in [0.1, 0.15) is 0 Å². The minimum absolute atomic E-state index is 0.504. The summed E-state index contributed by atoms with van der Waals surface area (Å²) in [5, 5.41) is 0. The maximum absolute atomic E-state index is 5.99. The summed E-state index contributed by atoms with van der Waals surface area (Å²) in [6.45, 7) is 0. The first kappa shape index (κ1) is 16.9. The monoisotopic (exact) mass is 480 g/mol. The first-order valence-electron chi connectivity index (χ1n) is 8.82. The summed E-state index contributed by atoms with van der Waals surface area (Å²) >= 11 is 2.30. The molecule has 0 N–H and O–H groups in total. The molecule has 0 spiro atoms. The molecule has 3 heteroatoms. The third kappa shape index (κ3) is 3.15. The number of thiol groups is 1. The van der Waals surface area contributed by atoms with Crippen molar-refractivity contribution in [2.24, 2.45) is 0 Å². The molecule has 0 fully saturated rings. The van der Waals surface area contributed by atoms with Gasteiger partial charge < -0.3 is 4.74 Å². The molecular weight excluding hydrogens is 463 g/mol. The maximum Gasteiger partial charge on any atom is 0.127 e. The number of halogens is 1. The first-order chi connectivity index (χ1) is 13.3. The van der Waals surface area contributed by atoms with Gasteiger partial charge in [0.2, 0.25) is 0 Å². The van der Waals surface area contributed by atoms with Crippen LogP contribution in [0, 0.1) is 3.57 Å². The zero-order valence-electron chi connectivity index (χ0n) is 14.5. The van der Waals surface area contributed by atoms with Gasteiger partial charge in [0.25, 0.3) is 0 Å². The summed E-state index contributed by atoms with van der Waals surface area (Å²) < 4.78 is 7.20. The molecule has 27 heavy (non-hydrogen) atoms. The Balaban J connectivity index is 1.49. The lowest BCUT2D eigenvalue weighted by molar-refractivity contribution is 0.482. The Kier molecular flexibility index (Phi) is 4.42. The molecule has 0 radical (unpaired) electrons. The van der Waals surface area contributed by atoms with E-state index in [1.165, 1.54) is 29.4 Å². The molecule has 0 atom stereocenters. The van der Waals surface area contributed by atoms with Gasteiger partial charge in [-0.25, -0.2) is 0 Å². The lowest BCUT2D eigenvalue weighted by Gasteiger charge is -2.19. The molecule has 132 valence electrons. The molecule has 1 aliphatic rings. The second-order valence-corrected chi connectivity index (χ2v) is 9.82. The normalized spacial score (nSPS) is 13.1. The molecule has 4 aromatic carbocycles. The molecule has 4 aromatic rings. The number of rotatable bonds is 3. The number of ether oxygens (including phenoxy) is 1. The van der Waals surface area contributed by atoms with Crippen molar-refractivity contribution in [1.82, 2.24) is 0 Å². The van der Waals surface area contributed by atoms with Gasteiger partial charge in [0, 0.05) is 13.4 Å². The van der Waals surface area contributed by atoms with Crippen LogP contribution in [0.5, 0.6) is 11.5 Å². The quantitative estimate of drug-likeness (QED) is 0.207. The Labute approximate surface area is 175 Å². The van der Waals surface area contributed by atoms with E-state index in [9.17, 15) is 0 Å². The number of fused-ring (bicyclic) bond motifs is 3.